The number of nitrogens with one attached hydrogen (secondary N) is 1. The maximum Gasteiger partial charge on any atom is 0.294 e. The van der Waals surface area contributed by atoms with E-state index in [4.69, 9.17) is 9.57 Å². The first-order valence-corrected chi connectivity index (χ1v) is 4.58. The molecule has 0 aliphatic carbocycles. The number of nitrogens with zero attached hydrogens (tertiary/aromatic N) is 1. The summed E-state index contributed by atoms with van der Waals surface area (Å²) in [4.78, 5) is 19.7. The second kappa shape index (κ2) is 5.63. The molecule has 0 radical (unpaired) electrons. The predicted octanol–water partition coefficient (Wildman–Crippen LogP) is 0.451. The van der Waals surface area contributed by atoms with E-state index in [1.54, 1.807) is 18.0 Å². The summed E-state index contributed by atoms with van der Waals surface area (Å²) >= 11 is 1.36. The van der Waals surface area contributed by atoms with Gasteiger partial charge in [-0.3, -0.25) is 9.63 Å². The maximum absolute atomic E-state index is 11.1. The second-order valence-corrected chi connectivity index (χ2v) is 2.86. The molecule has 1 rings (SSSR count). The number of hydrogen-bond donors (Lipinski definition) is 1. The zero-order valence-corrected chi connectivity index (χ0v) is 7.97. The van der Waals surface area contributed by atoms with Crippen molar-refractivity contribution in [2.45, 2.75) is 0 Å². The molecule has 5 nitrogen and oxygen atoms in total. The van der Waals surface area contributed by atoms with E-state index in [1.165, 1.54) is 11.3 Å². The zero-order valence-electron chi connectivity index (χ0n) is 7.15. The first-order chi connectivity index (χ1) is 6.34. The fourth-order valence-corrected chi connectivity index (χ4v) is 1.15. The van der Waals surface area contributed by atoms with Crippen LogP contribution in [0.3, 0.4) is 0 Å². The molecule has 0 aliphatic heterocycles. The van der Waals surface area contributed by atoms with E-state index in [0.29, 0.717) is 18.9 Å². The Labute approximate surface area is 79.6 Å². The van der Waals surface area contributed by atoms with Gasteiger partial charge in [-0.25, -0.2) is 10.5 Å². The third-order valence-electron chi connectivity index (χ3n) is 1.22. The standard InChI is InChI=1S/C7H10N2O3S/c1-11-2-3-12-9-7(10)6-4-13-5-8-6/h4-5H,2-3H2,1H3,(H,9,10). The molecule has 1 aromatic rings. The number of rotatable bonds is 5. The Balaban J connectivity index is 2.19. The first kappa shape index (κ1) is 10.1. The monoisotopic (exact) mass is 202 g/mol. The van der Waals surface area contributed by atoms with E-state index in [2.05, 4.69) is 10.5 Å². The summed E-state index contributed by atoms with van der Waals surface area (Å²) in [6, 6.07) is 0. The van der Waals surface area contributed by atoms with Crippen molar-refractivity contribution in [1.29, 1.82) is 0 Å². The molecular formula is C7H10N2O3S. The fourth-order valence-electron chi connectivity index (χ4n) is 0.619. The number of thiazole rings is 1. The number of hydroxylamine groups is 1. The van der Waals surface area contributed by atoms with E-state index in [9.17, 15) is 4.79 Å². The molecule has 0 saturated heterocycles. The summed E-state index contributed by atoms with van der Waals surface area (Å²) in [6.07, 6.45) is 0. The van der Waals surface area contributed by atoms with E-state index in [0.717, 1.165) is 0 Å². The minimum absolute atomic E-state index is 0.326. The minimum Gasteiger partial charge on any atom is -0.382 e. The maximum atomic E-state index is 11.1. The summed E-state index contributed by atoms with van der Waals surface area (Å²) in [5.74, 6) is -0.336. The lowest BCUT2D eigenvalue weighted by atomic mass is 10.5. The number of ether oxygens (including phenoxy) is 1. The van der Waals surface area contributed by atoms with Gasteiger partial charge in [-0.15, -0.1) is 11.3 Å². The largest absolute Gasteiger partial charge is 0.382 e. The summed E-state index contributed by atoms with van der Waals surface area (Å²) in [5.41, 5.74) is 4.20. The third-order valence-corrected chi connectivity index (χ3v) is 1.81. The van der Waals surface area contributed by atoms with Gasteiger partial charge in [-0.05, 0) is 0 Å². The van der Waals surface area contributed by atoms with Crippen LogP contribution in [0.25, 0.3) is 0 Å². The molecule has 13 heavy (non-hydrogen) atoms. The second-order valence-electron chi connectivity index (χ2n) is 2.15. The van der Waals surface area contributed by atoms with Crippen LogP contribution in [0.2, 0.25) is 0 Å². The van der Waals surface area contributed by atoms with E-state index in [1.807, 2.05) is 0 Å². The van der Waals surface area contributed by atoms with Crippen LogP contribution in [0, 0.1) is 0 Å². The van der Waals surface area contributed by atoms with Crippen LogP contribution < -0.4 is 5.48 Å². The smallest absolute Gasteiger partial charge is 0.294 e. The van der Waals surface area contributed by atoms with Gasteiger partial charge < -0.3 is 4.74 Å². The highest BCUT2D eigenvalue weighted by atomic mass is 32.1. The van der Waals surface area contributed by atoms with Gasteiger partial charge in [0.1, 0.15) is 5.69 Å². The molecule has 0 fully saturated rings. The van der Waals surface area contributed by atoms with Crippen molar-refractivity contribution in [2.75, 3.05) is 20.3 Å². The zero-order chi connectivity index (χ0) is 9.52. The number of amides is 1. The van der Waals surface area contributed by atoms with Crippen molar-refractivity contribution < 1.29 is 14.4 Å². The van der Waals surface area contributed by atoms with E-state index < -0.39 is 0 Å². The van der Waals surface area contributed by atoms with Crippen molar-refractivity contribution in [2.24, 2.45) is 0 Å². The molecule has 6 heteroatoms. The van der Waals surface area contributed by atoms with Crippen LogP contribution in [0.15, 0.2) is 10.9 Å². The summed E-state index contributed by atoms with van der Waals surface area (Å²) in [6.45, 7) is 0.768. The molecule has 0 unspecified atom stereocenters. The molecule has 1 N–H and O–H groups in total. The Hall–Kier alpha value is -0.980. The molecule has 1 amide bonds. The Bertz CT molecular complexity index is 250. The molecular weight excluding hydrogens is 192 g/mol. The lowest BCUT2D eigenvalue weighted by Crippen LogP contribution is -2.25. The van der Waals surface area contributed by atoms with Gasteiger partial charge in [0.15, 0.2) is 0 Å². The van der Waals surface area contributed by atoms with Crippen LogP contribution >= 0.6 is 11.3 Å². The quantitative estimate of drug-likeness (QED) is 0.556. The summed E-state index contributed by atoms with van der Waals surface area (Å²) in [5, 5.41) is 1.65. The van der Waals surface area contributed by atoms with E-state index in [-0.39, 0.29) is 5.91 Å². The number of hydrogen-bond acceptors (Lipinski definition) is 5. The van der Waals surface area contributed by atoms with Crippen LogP contribution in [-0.2, 0) is 9.57 Å². The molecule has 0 atom stereocenters. The predicted molar refractivity (Wildman–Crippen MR) is 47.4 cm³/mol. The molecule has 0 spiro atoms. The normalized spacial score (nSPS) is 9.92. The lowest BCUT2D eigenvalue weighted by molar-refractivity contribution is 0.00862. The van der Waals surface area contributed by atoms with E-state index >= 15 is 0 Å². The fraction of sp³-hybridized carbons (Fsp3) is 0.429. The average Bonchev–Trinajstić information content (AvgIpc) is 2.65. The molecule has 0 bridgehead atoms. The number of carbonyl (C=O) groups excluding carboxylic acids is 1. The Morgan fingerprint density at radius 2 is 2.54 bits per heavy atom. The van der Waals surface area contributed by atoms with Gasteiger partial charge in [0.25, 0.3) is 5.91 Å². The average molecular weight is 202 g/mol. The van der Waals surface area contributed by atoms with Crippen molar-refractivity contribution in [3.8, 4) is 0 Å². The van der Waals surface area contributed by atoms with Gasteiger partial charge in [0, 0.05) is 12.5 Å². The van der Waals surface area contributed by atoms with Crippen LogP contribution in [0.5, 0.6) is 0 Å². The summed E-state index contributed by atoms with van der Waals surface area (Å²) in [7, 11) is 1.56. The number of carbonyl (C=O) groups is 1. The summed E-state index contributed by atoms with van der Waals surface area (Å²) < 4.78 is 4.72. The topological polar surface area (TPSA) is 60.5 Å². The Morgan fingerprint density at radius 1 is 1.69 bits per heavy atom. The van der Waals surface area contributed by atoms with Gasteiger partial charge in [0.05, 0.1) is 18.7 Å². The number of methoxy groups -OCH3 is 1. The lowest BCUT2D eigenvalue weighted by Gasteiger charge is -2.02. The molecule has 0 aliphatic rings. The van der Waals surface area contributed by atoms with Gasteiger partial charge in [0.2, 0.25) is 0 Å². The first-order valence-electron chi connectivity index (χ1n) is 3.64. The van der Waals surface area contributed by atoms with Gasteiger partial charge in [-0.2, -0.15) is 0 Å². The Morgan fingerprint density at radius 3 is 3.15 bits per heavy atom. The van der Waals surface area contributed by atoms with Crippen molar-refractivity contribution >= 4 is 17.2 Å². The van der Waals surface area contributed by atoms with Gasteiger partial charge in [-0.1, -0.05) is 0 Å². The van der Waals surface area contributed by atoms with Crippen LogP contribution in [0.1, 0.15) is 10.5 Å². The Kier molecular flexibility index (Phi) is 4.37. The highest BCUT2D eigenvalue weighted by Gasteiger charge is 2.05. The van der Waals surface area contributed by atoms with Gasteiger partial charge >= 0.3 is 0 Å². The minimum atomic E-state index is -0.336. The SMILES string of the molecule is COCCONC(=O)c1cscn1. The van der Waals surface area contributed by atoms with Crippen LogP contribution in [-0.4, -0.2) is 31.2 Å². The van der Waals surface area contributed by atoms with Crippen molar-refractivity contribution in [3.63, 3.8) is 0 Å². The molecule has 1 aromatic heterocycles. The molecule has 0 saturated carbocycles. The van der Waals surface area contributed by atoms with Crippen LogP contribution in [0.4, 0.5) is 0 Å². The number of aromatic nitrogens is 1. The molecule has 0 aromatic carbocycles. The molecule has 72 valence electrons. The highest BCUT2D eigenvalue weighted by Crippen LogP contribution is 1.99. The molecule has 1 heterocycles. The van der Waals surface area contributed by atoms with Crippen molar-refractivity contribution in [1.82, 2.24) is 10.5 Å². The third kappa shape index (κ3) is 3.49. The van der Waals surface area contributed by atoms with Crippen molar-refractivity contribution in [3.05, 3.63) is 16.6 Å². The highest BCUT2D eigenvalue weighted by molar-refractivity contribution is 7.07.